The van der Waals surface area contributed by atoms with Gasteiger partial charge in [-0.25, -0.2) is 4.39 Å². The van der Waals surface area contributed by atoms with E-state index >= 15 is 0 Å². The van der Waals surface area contributed by atoms with Crippen molar-refractivity contribution in [3.8, 4) is 5.75 Å². The van der Waals surface area contributed by atoms with Crippen molar-refractivity contribution in [2.45, 2.75) is 38.3 Å². The lowest BCUT2D eigenvalue weighted by Gasteiger charge is -2.23. The van der Waals surface area contributed by atoms with Crippen molar-refractivity contribution in [3.05, 3.63) is 29.6 Å². The lowest BCUT2D eigenvalue weighted by Crippen LogP contribution is -2.33. The first kappa shape index (κ1) is 12.0. The molecule has 1 aromatic carbocycles. The average Bonchev–Trinajstić information content (AvgIpc) is 2.98. The van der Waals surface area contributed by atoms with Gasteiger partial charge in [-0.1, -0.05) is 12.5 Å². The van der Waals surface area contributed by atoms with Crippen LogP contribution in [-0.2, 0) is 6.54 Å². The molecule has 1 N–H and O–H groups in total. The summed E-state index contributed by atoms with van der Waals surface area (Å²) in [6.45, 7) is 0.759. The molecule has 3 atom stereocenters. The van der Waals surface area contributed by atoms with Crippen molar-refractivity contribution in [2.24, 2.45) is 11.8 Å². The number of ether oxygens (including phenoxy) is 1. The molecule has 1 aromatic rings. The first-order valence-electron chi connectivity index (χ1n) is 6.82. The van der Waals surface area contributed by atoms with Gasteiger partial charge in [0.1, 0.15) is 0 Å². The van der Waals surface area contributed by atoms with Crippen LogP contribution in [-0.4, -0.2) is 13.2 Å². The number of rotatable bonds is 4. The van der Waals surface area contributed by atoms with Gasteiger partial charge in [0.15, 0.2) is 11.6 Å². The number of hydrogen-bond acceptors (Lipinski definition) is 2. The van der Waals surface area contributed by atoms with Crippen LogP contribution in [0.4, 0.5) is 4.39 Å². The minimum atomic E-state index is -0.273. The molecule has 3 unspecified atom stereocenters. The van der Waals surface area contributed by atoms with Crippen LogP contribution >= 0.6 is 0 Å². The summed E-state index contributed by atoms with van der Waals surface area (Å²) in [5, 5.41) is 3.59. The summed E-state index contributed by atoms with van der Waals surface area (Å²) >= 11 is 0. The third-order valence-corrected chi connectivity index (χ3v) is 4.52. The lowest BCUT2D eigenvalue weighted by atomic mass is 9.95. The van der Waals surface area contributed by atoms with Gasteiger partial charge in [-0.2, -0.15) is 0 Å². The molecule has 2 saturated carbocycles. The van der Waals surface area contributed by atoms with Gasteiger partial charge >= 0.3 is 0 Å². The number of halogens is 1. The van der Waals surface area contributed by atoms with Crippen LogP contribution in [0.3, 0.4) is 0 Å². The molecule has 2 fully saturated rings. The van der Waals surface area contributed by atoms with Gasteiger partial charge in [0.05, 0.1) is 7.11 Å². The second-order valence-electron chi connectivity index (χ2n) is 5.63. The van der Waals surface area contributed by atoms with E-state index in [1.807, 2.05) is 6.07 Å². The van der Waals surface area contributed by atoms with E-state index in [1.165, 1.54) is 32.8 Å². The van der Waals surface area contributed by atoms with E-state index in [1.54, 1.807) is 12.1 Å². The summed E-state index contributed by atoms with van der Waals surface area (Å²) in [5.41, 5.74) is 0.996. The van der Waals surface area contributed by atoms with Crippen LogP contribution in [0.1, 0.15) is 31.2 Å². The number of nitrogens with one attached hydrogen (secondary N) is 1. The SMILES string of the molecule is COc1ccc(CNC2CC3CCC2C3)cc1F. The normalized spacial score (nSPS) is 29.8. The fraction of sp³-hybridized carbons (Fsp3) is 0.600. The molecule has 3 rings (SSSR count). The number of hydrogen-bond donors (Lipinski definition) is 1. The summed E-state index contributed by atoms with van der Waals surface area (Å²) in [6, 6.07) is 5.85. The highest BCUT2D eigenvalue weighted by molar-refractivity contribution is 5.29. The number of fused-ring (bicyclic) bond motifs is 2. The molecular formula is C15H20FNO. The Hall–Kier alpha value is -1.09. The predicted molar refractivity (Wildman–Crippen MR) is 69.0 cm³/mol. The Labute approximate surface area is 108 Å². The Bertz CT molecular complexity index is 435. The summed E-state index contributed by atoms with van der Waals surface area (Å²) < 4.78 is 18.5. The van der Waals surface area contributed by atoms with Crippen LogP contribution in [0.2, 0.25) is 0 Å². The van der Waals surface area contributed by atoms with E-state index in [0.717, 1.165) is 23.9 Å². The van der Waals surface area contributed by atoms with Crippen LogP contribution < -0.4 is 10.1 Å². The highest BCUT2D eigenvalue weighted by atomic mass is 19.1. The molecule has 0 aliphatic heterocycles. The largest absolute Gasteiger partial charge is 0.494 e. The minimum absolute atomic E-state index is 0.273. The molecule has 0 radical (unpaired) electrons. The fourth-order valence-corrected chi connectivity index (χ4v) is 3.56. The smallest absolute Gasteiger partial charge is 0.165 e. The summed E-state index contributed by atoms with van der Waals surface area (Å²) in [6.07, 6.45) is 5.50. The number of benzene rings is 1. The lowest BCUT2D eigenvalue weighted by molar-refractivity contribution is 0.350. The maximum Gasteiger partial charge on any atom is 0.165 e. The highest BCUT2D eigenvalue weighted by Crippen LogP contribution is 2.44. The zero-order valence-corrected chi connectivity index (χ0v) is 10.8. The molecular weight excluding hydrogens is 229 g/mol. The Balaban J connectivity index is 1.58. The van der Waals surface area contributed by atoms with Gasteiger partial charge in [-0.3, -0.25) is 0 Å². The van der Waals surface area contributed by atoms with Crippen molar-refractivity contribution in [1.29, 1.82) is 0 Å². The first-order chi connectivity index (χ1) is 8.76. The van der Waals surface area contributed by atoms with Gasteiger partial charge in [0.2, 0.25) is 0 Å². The van der Waals surface area contributed by atoms with Crippen molar-refractivity contribution in [2.75, 3.05) is 7.11 Å². The summed E-state index contributed by atoms with van der Waals surface area (Å²) in [7, 11) is 1.49. The number of methoxy groups -OCH3 is 1. The van der Waals surface area contributed by atoms with Gasteiger partial charge in [0, 0.05) is 12.6 Å². The maximum atomic E-state index is 13.5. The van der Waals surface area contributed by atoms with Crippen molar-refractivity contribution >= 4 is 0 Å². The van der Waals surface area contributed by atoms with Crippen molar-refractivity contribution < 1.29 is 9.13 Å². The fourth-order valence-electron chi connectivity index (χ4n) is 3.56. The Kier molecular flexibility index (Phi) is 3.25. The second kappa shape index (κ2) is 4.88. The van der Waals surface area contributed by atoms with E-state index in [4.69, 9.17) is 4.74 Å². The predicted octanol–water partition coefficient (Wildman–Crippen LogP) is 3.11. The van der Waals surface area contributed by atoms with E-state index < -0.39 is 0 Å². The van der Waals surface area contributed by atoms with Crippen LogP contribution in [0.5, 0.6) is 5.75 Å². The average molecular weight is 249 g/mol. The first-order valence-corrected chi connectivity index (χ1v) is 6.82. The Morgan fingerprint density at radius 3 is 2.83 bits per heavy atom. The van der Waals surface area contributed by atoms with Crippen molar-refractivity contribution in [3.63, 3.8) is 0 Å². The molecule has 2 aliphatic carbocycles. The molecule has 3 heteroatoms. The van der Waals surface area contributed by atoms with E-state index in [0.29, 0.717) is 11.8 Å². The Morgan fingerprint density at radius 1 is 1.33 bits per heavy atom. The van der Waals surface area contributed by atoms with Crippen molar-refractivity contribution in [1.82, 2.24) is 5.32 Å². The minimum Gasteiger partial charge on any atom is -0.494 e. The molecule has 18 heavy (non-hydrogen) atoms. The van der Waals surface area contributed by atoms with Gasteiger partial charge in [-0.15, -0.1) is 0 Å². The van der Waals surface area contributed by atoms with E-state index in [-0.39, 0.29) is 5.82 Å². The zero-order valence-electron chi connectivity index (χ0n) is 10.8. The van der Waals surface area contributed by atoms with E-state index in [9.17, 15) is 4.39 Å². The quantitative estimate of drug-likeness (QED) is 0.885. The highest BCUT2D eigenvalue weighted by Gasteiger charge is 2.38. The van der Waals surface area contributed by atoms with Gasteiger partial charge < -0.3 is 10.1 Å². The molecule has 98 valence electrons. The molecule has 0 aromatic heterocycles. The van der Waals surface area contributed by atoms with Gasteiger partial charge in [-0.05, 0) is 48.8 Å². The monoisotopic (exact) mass is 249 g/mol. The topological polar surface area (TPSA) is 21.3 Å². The molecule has 2 nitrogen and oxygen atoms in total. The molecule has 2 aliphatic rings. The third-order valence-electron chi connectivity index (χ3n) is 4.52. The zero-order chi connectivity index (χ0) is 12.5. The maximum absolute atomic E-state index is 13.5. The summed E-state index contributed by atoms with van der Waals surface area (Å²) in [4.78, 5) is 0. The third kappa shape index (κ3) is 2.24. The van der Waals surface area contributed by atoms with Crippen LogP contribution in [0, 0.1) is 17.7 Å². The Morgan fingerprint density at radius 2 is 2.22 bits per heavy atom. The summed E-state index contributed by atoms with van der Waals surface area (Å²) in [5.74, 6) is 1.85. The van der Waals surface area contributed by atoms with E-state index in [2.05, 4.69) is 5.32 Å². The molecule has 0 heterocycles. The molecule has 0 saturated heterocycles. The van der Waals surface area contributed by atoms with Crippen LogP contribution in [0.15, 0.2) is 18.2 Å². The van der Waals surface area contributed by atoms with Crippen LogP contribution in [0.25, 0.3) is 0 Å². The molecule has 2 bridgehead atoms. The standard InChI is InChI=1S/C15H20FNO/c1-18-15-5-3-11(7-13(15)16)9-17-14-8-10-2-4-12(14)6-10/h3,5,7,10,12,14,17H,2,4,6,8-9H2,1H3. The molecule has 0 spiro atoms. The second-order valence-corrected chi connectivity index (χ2v) is 5.63. The van der Waals surface area contributed by atoms with Gasteiger partial charge in [0.25, 0.3) is 0 Å². The molecule has 0 amide bonds.